The lowest BCUT2D eigenvalue weighted by Gasteiger charge is -2.44. The Hall–Kier alpha value is -2.67. The van der Waals surface area contributed by atoms with Crippen molar-refractivity contribution in [2.24, 2.45) is 16.7 Å². The highest BCUT2D eigenvalue weighted by atomic mass is 16.4. The average Bonchev–Trinajstić information content (AvgIpc) is 2.75. The van der Waals surface area contributed by atoms with E-state index < -0.39 is 34.9 Å². The molecule has 202 valence electrons. The van der Waals surface area contributed by atoms with Crippen molar-refractivity contribution < 1.29 is 19.5 Å². The van der Waals surface area contributed by atoms with Crippen LogP contribution in [0.3, 0.4) is 0 Å². The molecular formula is C29H47N3O4. The lowest BCUT2D eigenvalue weighted by atomic mass is 9.77. The van der Waals surface area contributed by atoms with Crippen LogP contribution < -0.4 is 5.32 Å². The Balaban J connectivity index is 3.35. The van der Waals surface area contributed by atoms with E-state index in [-0.39, 0.29) is 23.3 Å². The third-order valence-electron chi connectivity index (χ3n) is 6.84. The summed E-state index contributed by atoms with van der Waals surface area (Å²) in [4.78, 5) is 42.4. The smallest absolute Gasteiger partial charge is 0.331 e. The number of hydrogen-bond acceptors (Lipinski definition) is 4. The first-order valence-corrected chi connectivity index (χ1v) is 12.6. The van der Waals surface area contributed by atoms with Gasteiger partial charge in [-0.1, -0.05) is 84.9 Å². The topological polar surface area (TPSA) is 90.0 Å². The number of nitrogens with one attached hydrogen (secondary N) is 1. The van der Waals surface area contributed by atoms with E-state index in [0.29, 0.717) is 6.42 Å². The Morgan fingerprint density at radius 2 is 1.50 bits per heavy atom. The summed E-state index contributed by atoms with van der Waals surface area (Å²) in [5.41, 5.74) is 0.357. The molecule has 0 saturated heterocycles. The van der Waals surface area contributed by atoms with Gasteiger partial charge in [0.05, 0.1) is 12.1 Å². The normalized spacial score (nSPS) is 15.3. The highest BCUT2D eigenvalue weighted by Gasteiger charge is 2.44. The summed E-state index contributed by atoms with van der Waals surface area (Å²) in [6, 6.07) is 8.39. The van der Waals surface area contributed by atoms with Crippen LogP contribution in [0, 0.1) is 16.7 Å². The number of carbonyl (C=O) groups excluding carboxylic acids is 2. The maximum Gasteiger partial charge on any atom is 0.331 e. The molecule has 0 saturated carbocycles. The third kappa shape index (κ3) is 7.92. The van der Waals surface area contributed by atoms with Crippen LogP contribution in [-0.4, -0.2) is 72.0 Å². The number of nitrogens with zero attached hydrogens (tertiary/aromatic N) is 2. The molecule has 7 heteroatoms. The standard InChI is InChI=1S/C29H47N3O4/c1-19(2)22(17-20(3)27(35)36)31(10)26(34)24(28(4,5)6)32(11)25(33)23(30-9)29(7,8)18-21-15-13-12-14-16-21/h12-17,19,22-24,30H,18H2,1-11H3,(H,35,36)/b20-17+/t22-,23-,24-/m1/s1. The first kappa shape index (κ1) is 31.4. The van der Waals surface area contributed by atoms with Gasteiger partial charge in [0.1, 0.15) is 6.04 Å². The molecule has 2 amide bonds. The monoisotopic (exact) mass is 501 g/mol. The zero-order valence-corrected chi connectivity index (χ0v) is 24.0. The van der Waals surface area contributed by atoms with Crippen LogP contribution in [0.25, 0.3) is 0 Å². The molecule has 1 aromatic carbocycles. The summed E-state index contributed by atoms with van der Waals surface area (Å²) in [5.74, 6) is -1.40. The van der Waals surface area contributed by atoms with Crippen LogP contribution in [0.5, 0.6) is 0 Å². The fourth-order valence-electron chi connectivity index (χ4n) is 4.94. The van der Waals surface area contributed by atoms with Crippen LogP contribution in [0.2, 0.25) is 0 Å². The average molecular weight is 502 g/mol. The van der Waals surface area contributed by atoms with Crippen LogP contribution in [-0.2, 0) is 20.8 Å². The predicted octanol–water partition coefficient (Wildman–Crippen LogP) is 4.23. The van der Waals surface area contributed by atoms with Gasteiger partial charge in [-0.2, -0.15) is 0 Å². The Morgan fingerprint density at radius 1 is 0.972 bits per heavy atom. The van der Waals surface area contributed by atoms with Crippen LogP contribution in [0.4, 0.5) is 0 Å². The van der Waals surface area contributed by atoms with Crippen LogP contribution >= 0.6 is 0 Å². The summed E-state index contributed by atoms with van der Waals surface area (Å²) >= 11 is 0. The number of amides is 2. The molecular weight excluding hydrogens is 454 g/mol. The summed E-state index contributed by atoms with van der Waals surface area (Å²) in [6.07, 6.45) is 2.31. The molecule has 0 spiro atoms. The minimum atomic E-state index is -1.02. The zero-order valence-electron chi connectivity index (χ0n) is 24.0. The van der Waals surface area contributed by atoms with Gasteiger partial charge in [0.15, 0.2) is 0 Å². The van der Waals surface area contributed by atoms with Gasteiger partial charge in [0.2, 0.25) is 11.8 Å². The molecule has 0 bridgehead atoms. The molecule has 1 aromatic rings. The molecule has 36 heavy (non-hydrogen) atoms. The number of rotatable bonds is 11. The van der Waals surface area contributed by atoms with E-state index in [1.807, 2.05) is 52.8 Å². The molecule has 0 fully saturated rings. The maximum absolute atomic E-state index is 13.9. The molecule has 0 aliphatic carbocycles. The minimum Gasteiger partial charge on any atom is -0.478 e. The number of carboxylic acid groups (broad SMARTS) is 1. The number of aliphatic carboxylic acids is 1. The van der Waals surface area contributed by atoms with Gasteiger partial charge in [-0.25, -0.2) is 4.79 Å². The van der Waals surface area contributed by atoms with E-state index in [0.717, 1.165) is 5.56 Å². The number of benzene rings is 1. The van der Waals surface area contributed by atoms with Gasteiger partial charge < -0.3 is 20.2 Å². The first-order chi connectivity index (χ1) is 16.5. The second-order valence-corrected chi connectivity index (χ2v) is 11.9. The lowest BCUT2D eigenvalue weighted by Crippen LogP contribution is -2.61. The summed E-state index contributed by atoms with van der Waals surface area (Å²) in [5, 5.41) is 12.6. The zero-order chi connectivity index (χ0) is 28.0. The SMILES string of the molecule is CN[C@H](C(=O)N(C)[C@H](C(=O)N(C)[C@H](/C=C(\C)C(=O)O)C(C)C)C(C)(C)C)C(C)(C)Cc1ccccc1. The second kappa shape index (κ2) is 12.5. The Labute approximate surface area is 217 Å². The third-order valence-corrected chi connectivity index (χ3v) is 6.84. The minimum absolute atomic E-state index is 0.00950. The van der Waals surface area contributed by atoms with Crippen LogP contribution in [0.1, 0.15) is 61.0 Å². The molecule has 0 aliphatic heterocycles. The summed E-state index contributed by atoms with van der Waals surface area (Å²) < 4.78 is 0. The maximum atomic E-state index is 13.9. The number of carbonyl (C=O) groups is 3. The van der Waals surface area contributed by atoms with Crippen molar-refractivity contribution in [1.29, 1.82) is 0 Å². The molecule has 0 radical (unpaired) electrons. The lowest BCUT2D eigenvalue weighted by molar-refractivity contribution is -0.152. The van der Waals surface area contributed by atoms with E-state index in [9.17, 15) is 19.5 Å². The number of likely N-dealkylation sites (N-methyl/N-ethyl adjacent to an activating group) is 3. The van der Waals surface area contributed by atoms with Gasteiger partial charge in [0, 0.05) is 19.7 Å². The molecule has 0 unspecified atom stereocenters. The van der Waals surface area contributed by atoms with E-state index >= 15 is 0 Å². The Bertz CT molecular complexity index is 932. The van der Waals surface area contributed by atoms with Gasteiger partial charge in [-0.05, 0) is 42.7 Å². The van der Waals surface area contributed by atoms with E-state index in [2.05, 4.69) is 31.3 Å². The summed E-state index contributed by atoms with van der Waals surface area (Å²) in [7, 11) is 5.15. The molecule has 1 rings (SSSR count). The van der Waals surface area contributed by atoms with E-state index in [4.69, 9.17) is 0 Å². The van der Waals surface area contributed by atoms with Gasteiger partial charge in [-0.15, -0.1) is 0 Å². The second-order valence-electron chi connectivity index (χ2n) is 11.9. The Morgan fingerprint density at radius 3 is 1.92 bits per heavy atom. The molecule has 2 N–H and O–H groups in total. The van der Waals surface area contributed by atoms with E-state index in [1.54, 1.807) is 37.0 Å². The van der Waals surface area contributed by atoms with Gasteiger partial charge in [0.25, 0.3) is 0 Å². The number of hydrogen-bond donors (Lipinski definition) is 2. The van der Waals surface area contributed by atoms with E-state index in [1.165, 1.54) is 6.92 Å². The van der Waals surface area contributed by atoms with Crippen molar-refractivity contribution in [2.45, 2.75) is 79.9 Å². The van der Waals surface area contributed by atoms with Crippen LogP contribution in [0.15, 0.2) is 42.0 Å². The van der Waals surface area contributed by atoms with Crippen molar-refractivity contribution in [3.05, 3.63) is 47.5 Å². The first-order valence-electron chi connectivity index (χ1n) is 12.6. The van der Waals surface area contributed by atoms with Gasteiger partial charge >= 0.3 is 5.97 Å². The summed E-state index contributed by atoms with van der Waals surface area (Å²) in [6.45, 7) is 15.4. The van der Waals surface area contributed by atoms with Crippen molar-refractivity contribution in [1.82, 2.24) is 15.1 Å². The van der Waals surface area contributed by atoms with Crippen molar-refractivity contribution in [2.75, 3.05) is 21.1 Å². The largest absolute Gasteiger partial charge is 0.478 e. The fraction of sp³-hybridized carbons (Fsp3) is 0.621. The highest BCUT2D eigenvalue weighted by molar-refractivity contribution is 5.91. The quantitative estimate of drug-likeness (QED) is 0.443. The molecule has 3 atom stereocenters. The fourth-order valence-corrected chi connectivity index (χ4v) is 4.94. The molecule has 0 aliphatic rings. The Kier molecular flexibility index (Phi) is 10.9. The molecule has 0 heterocycles. The van der Waals surface area contributed by atoms with Crippen molar-refractivity contribution in [3.8, 4) is 0 Å². The predicted molar refractivity (Wildman–Crippen MR) is 146 cm³/mol. The molecule has 7 nitrogen and oxygen atoms in total. The number of carboxylic acids is 1. The highest BCUT2D eigenvalue weighted by Crippen LogP contribution is 2.31. The van der Waals surface area contributed by atoms with Crippen molar-refractivity contribution >= 4 is 17.8 Å². The van der Waals surface area contributed by atoms with Crippen molar-refractivity contribution in [3.63, 3.8) is 0 Å². The van der Waals surface area contributed by atoms with Gasteiger partial charge in [-0.3, -0.25) is 9.59 Å². The molecule has 0 aromatic heterocycles.